The Hall–Kier alpha value is -3.62. The third kappa shape index (κ3) is 4.14. The average molecular weight is 369 g/mol. The fraction of sp³-hybridized carbons (Fsp3) is 0.222. The van der Waals surface area contributed by atoms with Crippen molar-refractivity contribution in [2.24, 2.45) is 5.73 Å². The lowest BCUT2D eigenvalue weighted by molar-refractivity contribution is -0.384. The lowest BCUT2D eigenvalue weighted by Gasteiger charge is -2.35. The van der Waals surface area contributed by atoms with Crippen molar-refractivity contribution in [1.82, 2.24) is 4.90 Å². The minimum absolute atomic E-state index is 0.0646. The molecule has 1 aliphatic rings. The third-order valence-electron chi connectivity index (χ3n) is 4.39. The number of para-hydroxylation sites is 2. The van der Waals surface area contributed by atoms with Crippen molar-refractivity contribution >= 4 is 29.0 Å². The van der Waals surface area contributed by atoms with Crippen LogP contribution in [0.25, 0.3) is 0 Å². The van der Waals surface area contributed by atoms with Crippen LogP contribution in [0.4, 0.5) is 21.9 Å². The van der Waals surface area contributed by atoms with Crippen LogP contribution in [0, 0.1) is 10.1 Å². The second-order valence-electron chi connectivity index (χ2n) is 6.09. The molecule has 0 aliphatic carbocycles. The molecule has 0 radical (unpaired) electrons. The highest BCUT2D eigenvalue weighted by Crippen LogP contribution is 2.28. The molecule has 9 nitrogen and oxygen atoms in total. The van der Waals surface area contributed by atoms with E-state index in [4.69, 9.17) is 5.73 Å². The van der Waals surface area contributed by atoms with Gasteiger partial charge in [0.05, 0.1) is 4.92 Å². The smallest absolute Gasteiger partial charge is 0.316 e. The number of primary amides is 1. The highest BCUT2D eigenvalue weighted by atomic mass is 16.6. The van der Waals surface area contributed by atoms with Crippen molar-refractivity contribution in [3.63, 3.8) is 0 Å². The summed E-state index contributed by atoms with van der Waals surface area (Å²) in [6.45, 7) is 1.95. The third-order valence-corrected chi connectivity index (χ3v) is 4.39. The van der Waals surface area contributed by atoms with Crippen LogP contribution in [-0.2, 0) is 0 Å². The summed E-state index contributed by atoms with van der Waals surface area (Å²) < 4.78 is 0. The highest BCUT2D eigenvalue weighted by Gasteiger charge is 2.25. The monoisotopic (exact) mass is 369 g/mol. The zero-order valence-electron chi connectivity index (χ0n) is 14.5. The number of rotatable bonds is 4. The number of urea groups is 1. The van der Waals surface area contributed by atoms with E-state index in [0.29, 0.717) is 43.1 Å². The number of anilines is 2. The molecular weight excluding hydrogens is 350 g/mol. The van der Waals surface area contributed by atoms with Crippen LogP contribution in [0.3, 0.4) is 0 Å². The number of nitrogens with zero attached hydrogens (tertiary/aromatic N) is 3. The van der Waals surface area contributed by atoms with E-state index in [1.54, 1.807) is 47.4 Å². The summed E-state index contributed by atoms with van der Waals surface area (Å²) in [7, 11) is 0. The number of hydrogen-bond donors (Lipinski definition) is 2. The maximum Gasteiger partial charge on any atom is 0.316 e. The van der Waals surface area contributed by atoms with Gasteiger partial charge < -0.3 is 20.9 Å². The first-order valence-electron chi connectivity index (χ1n) is 8.40. The molecule has 2 aromatic carbocycles. The largest absolute Gasteiger partial charge is 0.362 e. The predicted octanol–water partition coefficient (Wildman–Crippen LogP) is 2.05. The Balaban J connectivity index is 1.64. The summed E-state index contributed by atoms with van der Waals surface area (Å²) in [5.74, 6) is -0.122. The summed E-state index contributed by atoms with van der Waals surface area (Å²) in [4.78, 5) is 37.9. The first-order valence-corrected chi connectivity index (χ1v) is 8.40. The zero-order valence-corrected chi connectivity index (χ0v) is 14.5. The lowest BCUT2D eigenvalue weighted by atomic mass is 10.1. The molecule has 0 bridgehead atoms. The summed E-state index contributed by atoms with van der Waals surface area (Å²) in [6.07, 6.45) is 0. The lowest BCUT2D eigenvalue weighted by Crippen LogP contribution is -2.48. The van der Waals surface area contributed by atoms with Crippen molar-refractivity contribution < 1.29 is 14.5 Å². The number of benzene rings is 2. The van der Waals surface area contributed by atoms with Gasteiger partial charge in [0.15, 0.2) is 0 Å². The Morgan fingerprint density at radius 3 is 2.22 bits per heavy atom. The number of amides is 3. The molecule has 0 unspecified atom stereocenters. The van der Waals surface area contributed by atoms with Crippen LogP contribution in [0.2, 0.25) is 0 Å². The maximum atomic E-state index is 12.6. The van der Waals surface area contributed by atoms with Gasteiger partial charge in [0, 0.05) is 43.5 Å². The molecule has 2 aromatic rings. The van der Waals surface area contributed by atoms with Gasteiger partial charge in [-0.05, 0) is 30.3 Å². The molecule has 1 saturated heterocycles. The standard InChI is InChI=1S/C18H19N5O4/c19-18(25)20-14-7-5-13(6-8-14)17(24)22-11-9-21(10-12-22)15-3-1-2-4-16(15)23(26)27/h1-8H,9-12H2,(H3,19,20,25). The van der Waals surface area contributed by atoms with Gasteiger partial charge in [-0.15, -0.1) is 0 Å². The number of carbonyl (C=O) groups excluding carboxylic acids is 2. The number of piperazine rings is 1. The van der Waals surface area contributed by atoms with Crippen molar-refractivity contribution in [2.75, 3.05) is 36.4 Å². The fourth-order valence-electron chi connectivity index (χ4n) is 3.06. The number of nitro benzene ring substituents is 1. The fourth-order valence-corrected chi connectivity index (χ4v) is 3.06. The predicted molar refractivity (Wildman–Crippen MR) is 101 cm³/mol. The zero-order chi connectivity index (χ0) is 19.4. The number of nitrogens with two attached hydrogens (primary N) is 1. The summed E-state index contributed by atoms with van der Waals surface area (Å²) >= 11 is 0. The summed E-state index contributed by atoms with van der Waals surface area (Å²) in [6, 6.07) is 12.4. The van der Waals surface area contributed by atoms with Crippen LogP contribution < -0.4 is 16.0 Å². The molecule has 3 N–H and O–H groups in total. The molecule has 9 heteroatoms. The Morgan fingerprint density at radius 1 is 1.00 bits per heavy atom. The highest BCUT2D eigenvalue weighted by molar-refractivity contribution is 5.95. The SMILES string of the molecule is NC(=O)Nc1ccc(C(=O)N2CCN(c3ccccc3[N+](=O)[O-])CC2)cc1. The Morgan fingerprint density at radius 2 is 1.63 bits per heavy atom. The van der Waals surface area contributed by atoms with Crippen molar-refractivity contribution in [3.8, 4) is 0 Å². The summed E-state index contributed by atoms with van der Waals surface area (Å²) in [5.41, 5.74) is 6.71. The van der Waals surface area contributed by atoms with Gasteiger partial charge in [-0.25, -0.2) is 4.79 Å². The van der Waals surface area contributed by atoms with Gasteiger partial charge >= 0.3 is 6.03 Å². The maximum absolute atomic E-state index is 12.6. The van der Waals surface area contributed by atoms with Crippen LogP contribution in [0.1, 0.15) is 10.4 Å². The topological polar surface area (TPSA) is 122 Å². The second-order valence-corrected chi connectivity index (χ2v) is 6.09. The van der Waals surface area contributed by atoms with E-state index in [1.807, 2.05) is 4.90 Å². The van der Waals surface area contributed by atoms with E-state index in [1.165, 1.54) is 6.07 Å². The normalized spacial score (nSPS) is 13.9. The molecule has 0 spiro atoms. The van der Waals surface area contributed by atoms with Gasteiger partial charge in [0.2, 0.25) is 0 Å². The van der Waals surface area contributed by atoms with Crippen LogP contribution in [0.5, 0.6) is 0 Å². The van der Waals surface area contributed by atoms with E-state index in [-0.39, 0.29) is 11.6 Å². The quantitative estimate of drug-likeness (QED) is 0.631. The van der Waals surface area contributed by atoms with E-state index < -0.39 is 11.0 Å². The minimum atomic E-state index is -0.666. The molecule has 3 amide bonds. The van der Waals surface area contributed by atoms with Crippen molar-refractivity contribution in [1.29, 1.82) is 0 Å². The van der Waals surface area contributed by atoms with Gasteiger partial charge in [0.1, 0.15) is 5.69 Å². The first-order chi connectivity index (χ1) is 13.0. The molecule has 0 saturated carbocycles. The molecule has 140 valence electrons. The molecule has 1 heterocycles. The van der Waals surface area contributed by atoms with Crippen molar-refractivity contribution in [3.05, 3.63) is 64.2 Å². The van der Waals surface area contributed by atoms with E-state index in [9.17, 15) is 19.7 Å². The molecule has 1 aliphatic heterocycles. The number of hydrogen-bond acceptors (Lipinski definition) is 5. The molecule has 27 heavy (non-hydrogen) atoms. The number of nitro groups is 1. The van der Waals surface area contributed by atoms with Gasteiger partial charge in [0.25, 0.3) is 11.6 Å². The van der Waals surface area contributed by atoms with Gasteiger partial charge in [-0.3, -0.25) is 14.9 Å². The van der Waals surface area contributed by atoms with Gasteiger partial charge in [-0.2, -0.15) is 0 Å². The molecule has 0 aromatic heterocycles. The van der Waals surface area contributed by atoms with Crippen LogP contribution >= 0.6 is 0 Å². The van der Waals surface area contributed by atoms with E-state index >= 15 is 0 Å². The van der Waals surface area contributed by atoms with Crippen LogP contribution in [-0.4, -0.2) is 47.9 Å². The van der Waals surface area contributed by atoms with Gasteiger partial charge in [-0.1, -0.05) is 12.1 Å². The second kappa shape index (κ2) is 7.73. The Kier molecular flexibility index (Phi) is 5.20. The Bertz CT molecular complexity index is 860. The molecule has 0 atom stereocenters. The number of carbonyl (C=O) groups is 2. The minimum Gasteiger partial charge on any atom is -0.362 e. The van der Waals surface area contributed by atoms with Crippen LogP contribution in [0.15, 0.2) is 48.5 Å². The van der Waals surface area contributed by atoms with E-state index in [0.717, 1.165) is 0 Å². The summed E-state index contributed by atoms with van der Waals surface area (Å²) in [5, 5.41) is 13.6. The van der Waals surface area contributed by atoms with Crippen molar-refractivity contribution in [2.45, 2.75) is 0 Å². The average Bonchev–Trinajstić information content (AvgIpc) is 2.68. The number of nitrogens with one attached hydrogen (secondary N) is 1. The Labute approximate surface area is 155 Å². The van der Waals surface area contributed by atoms with E-state index in [2.05, 4.69) is 5.32 Å². The molecule has 3 rings (SSSR count). The molecule has 1 fully saturated rings. The first kappa shape index (κ1) is 18.2. The molecular formula is C18H19N5O4.